The van der Waals surface area contributed by atoms with Crippen molar-refractivity contribution in [1.82, 2.24) is 10.6 Å². The standard InChI is InChI=1S/C13H19FN2O2/c1-9(2)16-12(17)8-15-7-10-5-4-6-11(18-3)13(10)14/h4-6,9,15H,7-8H2,1-3H3,(H,16,17). The van der Waals surface area contributed by atoms with E-state index in [4.69, 9.17) is 4.74 Å². The number of amides is 1. The quantitative estimate of drug-likeness (QED) is 0.808. The molecule has 100 valence electrons. The first kappa shape index (κ1) is 14.4. The van der Waals surface area contributed by atoms with Gasteiger partial charge < -0.3 is 15.4 Å². The first-order valence-corrected chi connectivity index (χ1v) is 5.86. The third kappa shape index (κ3) is 4.33. The Morgan fingerprint density at radius 1 is 1.44 bits per heavy atom. The second-order valence-electron chi connectivity index (χ2n) is 4.26. The van der Waals surface area contributed by atoms with Crippen LogP contribution in [-0.4, -0.2) is 25.6 Å². The molecule has 0 saturated heterocycles. The van der Waals surface area contributed by atoms with Crippen LogP contribution >= 0.6 is 0 Å². The van der Waals surface area contributed by atoms with Crippen LogP contribution in [0.15, 0.2) is 18.2 Å². The minimum absolute atomic E-state index is 0.103. The van der Waals surface area contributed by atoms with Gasteiger partial charge in [0.15, 0.2) is 11.6 Å². The van der Waals surface area contributed by atoms with Crippen LogP contribution in [0.2, 0.25) is 0 Å². The van der Waals surface area contributed by atoms with Crippen LogP contribution in [0.1, 0.15) is 19.4 Å². The molecule has 0 aliphatic heterocycles. The molecule has 2 N–H and O–H groups in total. The molecule has 1 rings (SSSR count). The molecular formula is C13H19FN2O2. The van der Waals surface area contributed by atoms with Crippen molar-refractivity contribution in [2.24, 2.45) is 0 Å². The molecular weight excluding hydrogens is 235 g/mol. The molecule has 18 heavy (non-hydrogen) atoms. The van der Waals surface area contributed by atoms with Gasteiger partial charge in [-0.2, -0.15) is 0 Å². The Balaban J connectivity index is 2.47. The van der Waals surface area contributed by atoms with E-state index < -0.39 is 5.82 Å². The molecule has 0 spiro atoms. The monoisotopic (exact) mass is 254 g/mol. The van der Waals surface area contributed by atoms with Gasteiger partial charge in [-0.3, -0.25) is 4.79 Å². The summed E-state index contributed by atoms with van der Waals surface area (Å²) in [5, 5.41) is 5.64. The summed E-state index contributed by atoms with van der Waals surface area (Å²) in [6.07, 6.45) is 0. The molecule has 0 saturated carbocycles. The number of ether oxygens (including phenoxy) is 1. The van der Waals surface area contributed by atoms with Crippen molar-refractivity contribution >= 4 is 5.91 Å². The summed E-state index contributed by atoms with van der Waals surface area (Å²) in [6.45, 7) is 4.22. The molecule has 0 fully saturated rings. The highest BCUT2D eigenvalue weighted by atomic mass is 19.1. The second-order valence-corrected chi connectivity index (χ2v) is 4.26. The lowest BCUT2D eigenvalue weighted by molar-refractivity contribution is -0.120. The number of hydrogen-bond donors (Lipinski definition) is 2. The topological polar surface area (TPSA) is 50.4 Å². The van der Waals surface area contributed by atoms with Gasteiger partial charge in [-0.25, -0.2) is 4.39 Å². The third-order valence-corrected chi connectivity index (χ3v) is 2.31. The summed E-state index contributed by atoms with van der Waals surface area (Å²) in [6, 6.07) is 5.04. The lowest BCUT2D eigenvalue weighted by Gasteiger charge is -2.10. The lowest BCUT2D eigenvalue weighted by Crippen LogP contribution is -2.37. The molecule has 0 atom stereocenters. The second kappa shape index (κ2) is 6.96. The minimum atomic E-state index is -0.392. The zero-order chi connectivity index (χ0) is 13.5. The van der Waals surface area contributed by atoms with Crippen molar-refractivity contribution in [3.63, 3.8) is 0 Å². The zero-order valence-corrected chi connectivity index (χ0v) is 10.9. The fourth-order valence-corrected chi connectivity index (χ4v) is 1.53. The largest absolute Gasteiger partial charge is 0.494 e. The van der Waals surface area contributed by atoms with Crippen LogP contribution in [0.4, 0.5) is 4.39 Å². The van der Waals surface area contributed by atoms with Crippen LogP contribution in [0.25, 0.3) is 0 Å². The van der Waals surface area contributed by atoms with Crippen molar-refractivity contribution in [2.45, 2.75) is 26.4 Å². The average Bonchev–Trinajstić information content (AvgIpc) is 2.30. The number of benzene rings is 1. The maximum Gasteiger partial charge on any atom is 0.234 e. The highest BCUT2D eigenvalue weighted by Crippen LogP contribution is 2.19. The van der Waals surface area contributed by atoms with Crippen molar-refractivity contribution < 1.29 is 13.9 Å². The van der Waals surface area contributed by atoms with Crippen LogP contribution in [0, 0.1) is 5.82 Å². The molecule has 0 bridgehead atoms. The fraction of sp³-hybridized carbons (Fsp3) is 0.462. The summed E-state index contributed by atoms with van der Waals surface area (Å²) < 4.78 is 18.6. The summed E-state index contributed by atoms with van der Waals surface area (Å²) in [5.41, 5.74) is 0.478. The number of carbonyl (C=O) groups excluding carboxylic acids is 1. The van der Waals surface area contributed by atoms with Gasteiger partial charge >= 0.3 is 0 Å². The molecule has 0 heterocycles. The SMILES string of the molecule is COc1cccc(CNCC(=O)NC(C)C)c1F. The number of methoxy groups -OCH3 is 1. The van der Waals surface area contributed by atoms with Crippen LogP contribution in [0.5, 0.6) is 5.75 Å². The molecule has 1 amide bonds. The average molecular weight is 254 g/mol. The van der Waals surface area contributed by atoms with Crippen LogP contribution in [0.3, 0.4) is 0 Å². The molecule has 1 aromatic carbocycles. The van der Waals surface area contributed by atoms with Crippen LogP contribution < -0.4 is 15.4 Å². The third-order valence-electron chi connectivity index (χ3n) is 2.31. The van der Waals surface area contributed by atoms with E-state index >= 15 is 0 Å². The fourth-order valence-electron chi connectivity index (χ4n) is 1.53. The van der Waals surface area contributed by atoms with E-state index in [9.17, 15) is 9.18 Å². The van der Waals surface area contributed by atoms with E-state index in [1.807, 2.05) is 13.8 Å². The van der Waals surface area contributed by atoms with E-state index in [1.54, 1.807) is 18.2 Å². The Morgan fingerprint density at radius 2 is 2.17 bits per heavy atom. The number of carbonyl (C=O) groups is 1. The van der Waals surface area contributed by atoms with Gasteiger partial charge in [0.1, 0.15) is 0 Å². The molecule has 4 nitrogen and oxygen atoms in total. The Labute approximate surface area is 107 Å². The first-order chi connectivity index (χ1) is 8.54. The van der Waals surface area contributed by atoms with Crippen LogP contribution in [-0.2, 0) is 11.3 Å². The molecule has 0 aliphatic carbocycles. The maximum absolute atomic E-state index is 13.7. The summed E-state index contributed by atoms with van der Waals surface area (Å²) in [7, 11) is 1.42. The highest BCUT2D eigenvalue weighted by molar-refractivity contribution is 5.78. The van der Waals surface area contributed by atoms with Gasteiger partial charge in [-0.05, 0) is 19.9 Å². The molecule has 0 aliphatic rings. The number of rotatable bonds is 6. The van der Waals surface area contributed by atoms with E-state index in [2.05, 4.69) is 10.6 Å². The van der Waals surface area contributed by atoms with Gasteiger partial charge in [0.05, 0.1) is 13.7 Å². The Kier molecular flexibility index (Phi) is 5.58. The lowest BCUT2D eigenvalue weighted by atomic mass is 10.2. The Hall–Kier alpha value is -1.62. The molecule has 0 radical (unpaired) electrons. The van der Waals surface area contributed by atoms with E-state index in [0.29, 0.717) is 5.56 Å². The van der Waals surface area contributed by atoms with Gasteiger partial charge in [-0.1, -0.05) is 12.1 Å². The number of halogens is 1. The normalized spacial score (nSPS) is 10.5. The van der Waals surface area contributed by atoms with Crippen molar-refractivity contribution in [3.8, 4) is 5.75 Å². The maximum atomic E-state index is 13.7. The van der Waals surface area contributed by atoms with Gasteiger partial charge in [0.25, 0.3) is 0 Å². The molecule has 0 unspecified atom stereocenters. The van der Waals surface area contributed by atoms with Crippen molar-refractivity contribution in [2.75, 3.05) is 13.7 Å². The predicted octanol–water partition coefficient (Wildman–Crippen LogP) is 1.45. The van der Waals surface area contributed by atoms with E-state index in [0.717, 1.165) is 0 Å². The smallest absolute Gasteiger partial charge is 0.234 e. The summed E-state index contributed by atoms with van der Waals surface area (Å²) in [5.74, 6) is -0.286. The van der Waals surface area contributed by atoms with Gasteiger partial charge in [-0.15, -0.1) is 0 Å². The summed E-state index contributed by atoms with van der Waals surface area (Å²) in [4.78, 5) is 11.4. The Morgan fingerprint density at radius 3 is 2.78 bits per heavy atom. The minimum Gasteiger partial charge on any atom is -0.494 e. The van der Waals surface area contributed by atoms with E-state index in [1.165, 1.54) is 7.11 Å². The first-order valence-electron chi connectivity index (χ1n) is 5.86. The van der Waals surface area contributed by atoms with Gasteiger partial charge in [0, 0.05) is 18.2 Å². The number of nitrogens with one attached hydrogen (secondary N) is 2. The molecule has 1 aromatic rings. The zero-order valence-electron chi connectivity index (χ0n) is 10.9. The summed E-state index contributed by atoms with van der Waals surface area (Å²) >= 11 is 0. The van der Waals surface area contributed by atoms with Crippen molar-refractivity contribution in [3.05, 3.63) is 29.6 Å². The molecule has 0 aromatic heterocycles. The Bertz CT molecular complexity index is 408. The number of hydrogen-bond acceptors (Lipinski definition) is 3. The highest BCUT2D eigenvalue weighted by Gasteiger charge is 2.08. The predicted molar refractivity (Wildman–Crippen MR) is 67.9 cm³/mol. The van der Waals surface area contributed by atoms with Crippen molar-refractivity contribution in [1.29, 1.82) is 0 Å². The molecule has 5 heteroatoms. The van der Waals surface area contributed by atoms with Gasteiger partial charge in [0.2, 0.25) is 5.91 Å². The van der Waals surface area contributed by atoms with E-state index in [-0.39, 0.29) is 30.8 Å².